The molecule has 0 amide bonds. The van der Waals surface area contributed by atoms with Crippen LogP contribution in [0.4, 0.5) is 0 Å². The van der Waals surface area contributed by atoms with Gasteiger partial charge in [0.05, 0.1) is 4.47 Å². The van der Waals surface area contributed by atoms with E-state index in [1.165, 1.54) is 6.07 Å². The van der Waals surface area contributed by atoms with E-state index in [-0.39, 0.29) is 6.61 Å². The summed E-state index contributed by atoms with van der Waals surface area (Å²) in [5.74, 6) is 0.303. The molecule has 26 heavy (non-hydrogen) atoms. The second-order valence-corrected chi connectivity index (χ2v) is 6.32. The molecule has 0 unspecified atom stereocenters. The predicted octanol–water partition coefficient (Wildman–Crippen LogP) is 4.91. The van der Waals surface area contributed by atoms with Gasteiger partial charge in [-0.25, -0.2) is 4.79 Å². The third kappa shape index (κ3) is 4.58. The molecule has 0 heterocycles. The highest BCUT2D eigenvalue weighted by atomic mass is 79.9. The quantitative estimate of drug-likeness (QED) is 0.329. The van der Waals surface area contributed by atoms with Gasteiger partial charge in [-0.05, 0) is 51.3 Å². The summed E-state index contributed by atoms with van der Waals surface area (Å²) in [5.41, 5.74) is 2.57. The van der Waals surface area contributed by atoms with E-state index in [1.807, 2.05) is 42.5 Å². The van der Waals surface area contributed by atoms with E-state index in [0.29, 0.717) is 23.3 Å². The van der Waals surface area contributed by atoms with Crippen molar-refractivity contribution >= 4 is 28.2 Å². The van der Waals surface area contributed by atoms with Crippen LogP contribution < -0.4 is 9.47 Å². The lowest BCUT2D eigenvalue weighted by Crippen LogP contribution is -2.17. The summed E-state index contributed by atoms with van der Waals surface area (Å²) >= 11 is 3.46. The van der Waals surface area contributed by atoms with E-state index in [4.69, 9.17) is 9.47 Å². The number of ether oxygens (including phenoxy) is 2. The van der Waals surface area contributed by atoms with Gasteiger partial charge >= 0.3 is 5.97 Å². The van der Waals surface area contributed by atoms with Crippen molar-refractivity contribution in [3.8, 4) is 22.6 Å². The van der Waals surface area contributed by atoms with Crippen molar-refractivity contribution in [1.82, 2.24) is 0 Å². The fourth-order valence-corrected chi connectivity index (χ4v) is 2.87. The van der Waals surface area contributed by atoms with E-state index < -0.39 is 5.97 Å². The molecule has 0 radical (unpaired) electrons. The lowest BCUT2D eigenvalue weighted by molar-refractivity contribution is -0.136. The average Bonchev–Trinajstić information content (AvgIpc) is 2.68. The van der Waals surface area contributed by atoms with Crippen LogP contribution in [0.1, 0.15) is 10.4 Å². The Kier molecular flexibility index (Phi) is 5.81. The molecule has 0 aliphatic carbocycles. The van der Waals surface area contributed by atoms with Crippen LogP contribution in [0, 0.1) is 0 Å². The maximum atomic E-state index is 11.9. The number of aldehydes is 1. The first-order chi connectivity index (χ1) is 12.7. The molecule has 3 aromatic carbocycles. The normalized spacial score (nSPS) is 10.2. The van der Waals surface area contributed by atoms with Crippen LogP contribution in [-0.4, -0.2) is 18.9 Å². The molecule has 0 bridgehead atoms. The second-order valence-electron chi connectivity index (χ2n) is 5.46. The Bertz CT molecular complexity index is 922. The van der Waals surface area contributed by atoms with Gasteiger partial charge in [0.15, 0.2) is 6.61 Å². The van der Waals surface area contributed by atoms with Gasteiger partial charge in [0.1, 0.15) is 17.8 Å². The largest absolute Gasteiger partial charge is 0.481 e. The first-order valence-corrected chi connectivity index (χ1v) is 8.69. The molecule has 0 aromatic heterocycles. The summed E-state index contributed by atoms with van der Waals surface area (Å²) < 4.78 is 11.4. The highest BCUT2D eigenvalue weighted by Crippen LogP contribution is 2.30. The van der Waals surface area contributed by atoms with Gasteiger partial charge in [-0.3, -0.25) is 4.79 Å². The molecule has 0 atom stereocenters. The van der Waals surface area contributed by atoms with E-state index >= 15 is 0 Å². The molecule has 0 fully saturated rings. The number of hydrogen-bond donors (Lipinski definition) is 0. The van der Waals surface area contributed by atoms with Crippen molar-refractivity contribution in [3.63, 3.8) is 0 Å². The van der Waals surface area contributed by atoms with Crippen LogP contribution in [-0.2, 0) is 4.79 Å². The lowest BCUT2D eigenvalue weighted by atomic mass is 10.1. The Labute approximate surface area is 159 Å². The fraction of sp³-hybridized carbons (Fsp3) is 0.0476. The summed E-state index contributed by atoms with van der Waals surface area (Å²) in [6, 6.07) is 22.0. The summed E-state index contributed by atoms with van der Waals surface area (Å²) in [4.78, 5) is 22.7. The third-order valence-electron chi connectivity index (χ3n) is 3.61. The topological polar surface area (TPSA) is 52.6 Å². The van der Waals surface area contributed by atoms with E-state index in [0.717, 1.165) is 15.6 Å². The zero-order valence-electron chi connectivity index (χ0n) is 13.7. The lowest BCUT2D eigenvalue weighted by Gasteiger charge is -2.10. The first-order valence-electron chi connectivity index (χ1n) is 7.89. The Hall–Kier alpha value is -2.92. The monoisotopic (exact) mass is 410 g/mol. The van der Waals surface area contributed by atoms with Crippen LogP contribution in [0.3, 0.4) is 0 Å². The van der Waals surface area contributed by atoms with Gasteiger partial charge in [-0.15, -0.1) is 0 Å². The summed E-state index contributed by atoms with van der Waals surface area (Å²) in [5, 5.41) is 0. The molecule has 0 aliphatic heterocycles. The van der Waals surface area contributed by atoms with Gasteiger partial charge in [-0.2, -0.15) is 0 Å². The minimum absolute atomic E-state index is 0.241. The van der Waals surface area contributed by atoms with Gasteiger partial charge in [-0.1, -0.05) is 48.5 Å². The molecule has 3 aromatic rings. The molecule has 4 nitrogen and oxygen atoms in total. The number of benzene rings is 3. The van der Waals surface area contributed by atoms with Crippen molar-refractivity contribution < 1.29 is 19.1 Å². The van der Waals surface area contributed by atoms with Crippen LogP contribution in [0.15, 0.2) is 77.3 Å². The van der Waals surface area contributed by atoms with Crippen molar-refractivity contribution in [2.75, 3.05) is 6.61 Å². The minimum Gasteiger partial charge on any atom is -0.481 e. The Morgan fingerprint density at radius 1 is 0.923 bits per heavy atom. The van der Waals surface area contributed by atoms with Crippen LogP contribution in [0.2, 0.25) is 0 Å². The third-order valence-corrected chi connectivity index (χ3v) is 4.23. The molecular formula is C21H15BrO4. The first kappa shape index (κ1) is 17.9. The van der Waals surface area contributed by atoms with Crippen molar-refractivity contribution in [2.24, 2.45) is 0 Å². The van der Waals surface area contributed by atoms with Gasteiger partial charge in [0.25, 0.3) is 0 Å². The smallest absolute Gasteiger partial charge is 0.349 e. The molecule has 130 valence electrons. The predicted molar refractivity (Wildman–Crippen MR) is 103 cm³/mol. The van der Waals surface area contributed by atoms with Crippen molar-refractivity contribution in [3.05, 3.63) is 82.8 Å². The number of halogens is 1. The zero-order valence-corrected chi connectivity index (χ0v) is 15.3. The van der Waals surface area contributed by atoms with Crippen molar-refractivity contribution in [2.45, 2.75) is 0 Å². The summed E-state index contributed by atoms with van der Waals surface area (Å²) in [7, 11) is 0. The van der Waals surface area contributed by atoms with Crippen LogP contribution >= 0.6 is 15.9 Å². The molecule has 3 rings (SSSR count). The van der Waals surface area contributed by atoms with Crippen LogP contribution in [0.25, 0.3) is 11.1 Å². The molecule has 5 heteroatoms. The number of carbonyl (C=O) groups is 2. The Balaban J connectivity index is 1.62. The summed E-state index contributed by atoms with van der Waals surface area (Å²) in [6.07, 6.45) is 0.694. The number of rotatable bonds is 6. The highest BCUT2D eigenvalue weighted by molar-refractivity contribution is 9.10. The van der Waals surface area contributed by atoms with Crippen LogP contribution in [0.5, 0.6) is 11.5 Å². The minimum atomic E-state index is -0.549. The highest BCUT2D eigenvalue weighted by Gasteiger charge is 2.10. The fourth-order valence-electron chi connectivity index (χ4n) is 2.38. The average molecular weight is 411 g/mol. The Morgan fingerprint density at radius 3 is 2.46 bits per heavy atom. The molecule has 0 N–H and O–H groups in total. The maximum absolute atomic E-state index is 11.9. The standard InChI is InChI=1S/C21H15BrO4/c22-19-12-17(16-6-2-1-3-7-16)9-10-20(19)25-14-21(24)26-18-8-4-5-15(11-18)13-23/h1-13H,14H2. The zero-order chi connectivity index (χ0) is 18.4. The number of esters is 1. The van der Waals surface area contributed by atoms with Gasteiger partial charge in [0.2, 0.25) is 0 Å². The second kappa shape index (κ2) is 8.45. The maximum Gasteiger partial charge on any atom is 0.349 e. The number of carbonyl (C=O) groups excluding carboxylic acids is 2. The van der Waals surface area contributed by atoms with Crippen molar-refractivity contribution in [1.29, 1.82) is 0 Å². The number of hydrogen-bond acceptors (Lipinski definition) is 4. The van der Waals surface area contributed by atoms with E-state index in [2.05, 4.69) is 15.9 Å². The molecule has 0 saturated carbocycles. The van der Waals surface area contributed by atoms with Gasteiger partial charge in [0, 0.05) is 5.56 Å². The van der Waals surface area contributed by atoms with E-state index in [1.54, 1.807) is 24.3 Å². The molecule has 0 aliphatic rings. The van der Waals surface area contributed by atoms with E-state index in [9.17, 15) is 9.59 Å². The van der Waals surface area contributed by atoms with Gasteiger partial charge < -0.3 is 9.47 Å². The molecular weight excluding hydrogens is 396 g/mol. The summed E-state index contributed by atoms with van der Waals surface area (Å²) in [6.45, 7) is -0.241. The molecule has 0 saturated heterocycles. The molecule has 0 spiro atoms. The SMILES string of the molecule is O=Cc1cccc(OC(=O)COc2ccc(-c3ccccc3)cc2Br)c1. The Morgan fingerprint density at radius 2 is 1.73 bits per heavy atom.